The molecule has 0 aromatic carbocycles. The van der Waals surface area contributed by atoms with Crippen molar-refractivity contribution in [1.29, 1.82) is 0 Å². The van der Waals surface area contributed by atoms with Gasteiger partial charge in [0, 0.05) is 12.5 Å². The van der Waals surface area contributed by atoms with E-state index in [-0.39, 0.29) is 17.9 Å². The lowest BCUT2D eigenvalue weighted by atomic mass is 10.1. The fourth-order valence-corrected chi connectivity index (χ4v) is 1.67. The Hall–Kier alpha value is -0.900. The molecule has 2 atom stereocenters. The molecule has 15 heavy (non-hydrogen) atoms. The third-order valence-corrected chi connectivity index (χ3v) is 2.63. The molecule has 0 saturated carbocycles. The van der Waals surface area contributed by atoms with Crippen LogP contribution in [0.5, 0.6) is 0 Å². The molecule has 1 fully saturated rings. The SMILES string of the molecule is CCCCCOC(=O)C1CC(C=O)CN1. The van der Waals surface area contributed by atoms with Crippen LogP contribution in [0, 0.1) is 5.92 Å². The Balaban J connectivity index is 2.15. The lowest BCUT2D eigenvalue weighted by Gasteiger charge is -2.09. The number of nitrogens with one attached hydrogen (secondary N) is 1. The molecule has 0 aromatic heterocycles. The van der Waals surface area contributed by atoms with E-state index in [1.165, 1.54) is 0 Å². The van der Waals surface area contributed by atoms with E-state index in [1.54, 1.807) is 0 Å². The average Bonchev–Trinajstić information content (AvgIpc) is 2.72. The van der Waals surface area contributed by atoms with Crippen molar-refractivity contribution in [3.63, 3.8) is 0 Å². The molecule has 1 rings (SSSR count). The van der Waals surface area contributed by atoms with Crippen LogP contribution in [0.15, 0.2) is 0 Å². The van der Waals surface area contributed by atoms with Crippen LogP contribution in [0.1, 0.15) is 32.6 Å². The molecule has 1 aliphatic heterocycles. The van der Waals surface area contributed by atoms with Crippen LogP contribution >= 0.6 is 0 Å². The number of esters is 1. The lowest BCUT2D eigenvalue weighted by molar-refractivity contribution is -0.145. The smallest absolute Gasteiger partial charge is 0.323 e. The summed E-state index contributed by atoms with van der Waals surface area (Å²) in [7, 11) is 0. The number of carbonyl (C=O) groups excluding carboxylic acids is 2. The molecule has 1 aliphatic rings. The number of carbonyl (C=O) groups is 2. The van der Waals surface area contributed by atoms with Crippen molar-refractivity contribution in [3.8, 4) is 0 Å². The lowest BCUT2D eigenvalue weighted by Crippen LogP contribution is -2.32. The van der Waals surface area contributed by atoms with Crippen LogP contribution in [-0.4, -0.2) is 31.4 Å². The van der Waals surface area contributed by atoms with E-state index in [9.17, 15) is 9.59 Å². The van der Waals surface area contributed by atoms with Crippen LogP contribution in [0.3, 0.4) is 0 Å². The van der Waals surface area contributed by atoms with Gasteiger partial charge in [-0.3, -0.25) is 4.79 Å². The van der Waals surface area contributed by atoms with Gasteiger partial charge in [-0.05, 0) is 12.8 Å². The zero-order valence-corrected chi connectivity index (χ0v) is 9.20. The minimum absolute atomic E-state index is 0.0295. The van der Waals surface area contributed by atoms with Gasteiger partial charge in [-0.2, -0.15) is 0 Å². The topological polar surface area (TPSA) is 55.4 Å². The Kier molecular flexibility index (Phi) is 5.32. The Labute approximate surface area is 90.4 Å². The van der Waals surface area contributed by atoms with Crippen molar-refractivity contribution in [2.24, 2.45) is 5.92 Å². The summed E-state index contributed by atoms with van der Waals surface area (Å²) in [5.41, 5.74) is 0. The molecular weight excluding hydrogens is 194 g/mol. The van der Waals surface area contributed by atoms with Crippen molar-refractivity contribution in [2.45, 2.75) is 38.6 Å². The number of rotatable bonds is 6. The number of hydrogen-bond acceptors (Lipinski definition) is 4. The largest absolute Gasteiger partial charge is 0.465 e. The first-order chi connectivity index (χ1) is 7.27. The van der Waals surface area contributed by atoms with Crippen LogP contribution in [0.25, 0.3) is 0 Å². The highest BCUT2D eigenvalue weighted by molar-refractivity contribution is 5.77. The second-order valence-electron chi connectivity index (χ2n) is 3.97. The third-order valence-electron chi connectivity index (χ3n) is 2.63. The fraction of sp³-hybridized carbons (Fsp3) is 0.818. The van der Waals surface area contributed by atoms with Crippen molar-refractivity contribution < 1.29 is 14.3 Å². The molecule has 1 N–H and O–H groups in total. The summed E-state index contributed by atoms with van der Waals surface area (Å²) in [5, 5.41) is 2.99. The van der Waals surface area contributed by atoms with Gasteiger partial charge in [0.05, 0.1) is 6.61 Å². The molecule has 4 heteroatoms. The van der Waals surface area contributed by atoms with Crippen molar-refractivity contribution >= 4 is 12.3 Å². The van der Waals surface area contributed by atoms with E-state index in [0.29, 0.717) is 19.6 Å². The summed E-state index contributed by atoms with van der Waals surface area (Å²) in [4.78, 5) is 22.0. The molecule has 0 bridgehead atoms. The molecule has 4 nitrogen and oxygen atoms in total. The van der Waals surface area contributed by atoms with E-state index < -0.39 is 0 Å². The predicted octanol–water partition coefficient (Wildman–Crippen LogP) is 0.897. The zero-order chi connectivity index (χ0) is 11.1. The quantitative estimate of drug-likeness (QED) is 0.404. The average molecular weight is 213 g/mol. The van der Waals surface area contributed by atoms with Gasteiger partial charge in [0.15, 0.2) is 0 Å². The van der Waals surface area contributed by atoms with E-state index in [1.807, 2.05) is 0 Å². The first-order valence-corrected chi connectivity index (χ1v) is 5.63. The molecule has 0 spiro atoms. The summed E-state index contributed by atoms with van der Waals surface area (Å²) < 4.78 is 5.10. The minimum atomic E-state index is -0.276. The van der Waals surface area contributed by atoms with E-state index in [0.717, 1.165) is 25.5 Å². The van der Waals surface area contributed by atoms with Crippen molar-refractivity contribution in [2.75, 3.05) is 13.2 Å². The molecule has 0 aromatic rings. The Bertz CT molecular complexity index is 218. The first-order valence-electron chi connectivity index (χ1n) is 5.63. The maximum Gasteiger partial charge on any atom is 0.323 e. The summed E-state index contributed by atoms with van der Waals surface area (Å²) >= 11 is 0. The Morgan fingerprint density at radius 1 is 1.53 bits per heavy atom. The Morgan fingerprint density at radius 3 is 2.93 bits per heavy atom. The van der Waals surface area contributed by atoms with Gasteiger partial charge in [-0.1, -0.05) is 19.8 Å². The summed E-state index contributed by atoms with van der Waals surface area (Å²) in [6, 6.07) is -0.276. The van der Waals surface area contributed by atoms with Gasteiger partial charge in [0.25, 0.3) is 0 Å². The zero-order valence-electron chi connectivity index (χ0n) is 9.20. The van der Waals surface area contributed by atoms with Gasteiger partial charge < -0.3 is 14.8 Å². The number of unbranched alkanes of at least 4 members (excludes halogenated alkanes) is 2. The maximum atomic E-state index is 11.5. The van der Waals surface area contributed by atoms with Crippen LogP contribution in [0.2, 0.25) is 0 Å². The molecule has 1 saturated heterocycles. The van der Waals surface area contributed by atoms with Gasteiger partial charge in [-0.15, -0.1) is 0 Å². The first kappa shape index (κ1) is 12.2. The molecule has 1 heterocycles. The van der Waals surface area contributed by atoms with Crippen LogP contribution < -0.4 is 5.32 Å². The van der Waals surface area contributed by atoms with Gasteiger partial charge >= 0.3 is 5.97 Å². The van der Waals surface area contributed by atoms with Crippen molar-refractivity contribution in [1.82, 2.24) is 5.32 Å². The van der Waals surface area contributed by atoms with Gasteiger partial charge in [0.2, 0.25) is 0 Å². The monoisotopic (exact) mass is 213 g/mol. The highest BCUT2D eigenvalue weighted by Crippen LogP contribution is 2.12. The number of ether oxygens (including phenoxy) is 1. The summed E-state index contributed by atoms with van der Waals surface area (Å²) in [6.07, 6.45) is 4.61. The normalized spacial score (nSPS) is 25.1. The third kappa shape index (κ3) is 4.00. The van der Waals surface area contributed by atoms with Crippen LogP contribution in [0.4, 0.5) is 0 Å². The molecule has 0 aliphatic carbocycles. The highest BCUT2D eigenvalue weighted by atomic mass is 16.5. The molecule has 86 valence electrons. The van der Waals surface area contributed by atoms with E-state index >= 15 is 0 Å². The number of aldehydes is 1. The predicted molar refractivity (Wildman–Crippen MR) is 56.4 cm³/mol. The second-order valence-corrected chi connectivity index (χ2v) is 3.97. The van der Waals surface area contributed by atoms with E-state index in [4.69, 9.17) is 4.74 Å². The van der Waals surface area contributed by atoms with Gasteiger partial charge in [0.1, 0.15) is 12.3 Å². The van der Waals surface area contributed by atoms with Crippen LogP contribution in [-0.2, 0) is 14.3 Å². The molecule has 0 radical (unpaired) electrons. The van der Waals surface area contributed by atoms with E-state index in [2.05, 4.69) is 12.2 Å². The fourth-order valence-electron chi connectivity index (χ4n) is 1.67. The minimum Gasteiger partial charge on any atom is -0.465 e. The maximum absolute atomic E-state index is 11.5. The summed E-state index contributed by atoms with van der Waals surface area (Å²) in [6.45, 7) is 3.20. The van der Waals surface area contributed by atoms with Gasteiger partial charge in [-0.25, -0.2) is 0 Å². The summed E-state index contributed by atoms with van der Waals surface area (Å²) in [5.74, 6) is -0.242. The Morgan fingerprint density at radius 2 is 2.33 bits per heavy atom. The second kappa shape index (κ2) is 6.56. The molecule has 0 amide bonds. The van der Waals surface area contributed by atoms with Crippen molar-refractivity contribution in [3.05, 3.63) is 0 Å². The molecule has 2 unspecified atom stereocenters. The molecular formula is C11H19NO3. The number of hydrogen-bond donors (Lipinski definition) is 1. The standard InChI is InChI=1S/C11H19NO3/c1-2-3-4-5-15-11(14)10-6-9(8-13)7-12-10/h8-10,12H,2-7H2,1H3. The highest BCUT2D eigenvalue weighted by Gasteiger charge is 2.29.